The van der Waals surface area contributed by atoms with Crippen LogP contribution < -0.4 is 10.4 Å². The average Bonchev–Trinajstić information content (AvgIpc) is 3.37. The number of halogens is 1. The number of nitrogens with one attached hydrogen (secondary N) is 1. The van der Waals surface area contributed by atoms with Gasteiger partial charge in [0.25, 0.3) is 11.8 Å². The van der Waals surface area contributed by atoms with Crippen molar-refractivity contribution < 1.29 is 9.59 Å². The summed E-state index contributed by atoms with van der Waals surface area (Å²) in [5.74, 6) is -0.782. The first kappa shape index (κ1) is 21.8. The van der Waals surface area contributed by atoms with Gasteiger partial charge in [-0.1, -0.05) is 78.3 Å². The molecule has 4 aromatic carbocycles. The molecule has 0 unspecified atom stereocenters. The average molecular weight is 484 g/mol. The Bertz CT molecular complexity index is 1480. The number of rotatable bonds is 4. The Labute approximate surface area is 205 Å². The van der Waals surface area contributed by atoms with Crippen molar-refractivity contribution in [1.82, 2.24) is 10.4 Å². The Morgan fingerprint density at radius 1 is 0.824 bits per heavy atom. The molecule has 2 amide bonds. The van der Waals surface area contributed by atoms with Crippen LogP contribution in [-0.2, 0) is 0 Å². The third kappa shape index (κ3) is 4.41. The second kappa shape index (κ2) is 9.47. The van der Waals surface area contributed by atoms with Crippen LogP contribution in [0.2, 0.25) is 5.02 Å². The third-order valence-electron chi connectivity index (χ3n) is 5.29. The van der Waals surface area contributed by atoms with Crippen LogP contribution in [0.15, 0.2) is 102 Å². The van der Waals surface area contributed by atoms with Crippen molar-refractivity contribution in [1.29, 1.82) is 0 Å². The Balaban J connectivity index is 1.52. The molecule has 0 aliphatic rings. The van der Waals surface area contributed by atoms with Crippen LogP contribution in [0.4, 0.5) is 5.13 Å². The number of benzene rings is 4. The quantitative estimate of drug-likeness (QED) is 0.292. The first-order valence-electron chi connectivity index (χ1n) is 10.5. The largest absolute Gasteiger partial charge is 0.279 e. The van der Waals surface area contributed by atoms with E-state index in [4.69, 9.17) is 11.6 Å². The van der Waals surface area contributed by atoms with Crippen molar-refractivity contribution in [2.75, 3.05) is 5.01 Å². The molecule has 0 radical (unpaired) electrons. The number of hydrogen-bond acceptors (Lipinski definition) is 4. The Hall–Kier alpha value is -4.00. The van der Waals surface area contributed by atoms with Gasteiger partial charge in [0.15, 0.2) is 0 Å². The summed E-state index contributed by atoms with van der Waals surface area (Å²) >= 11 is 7.27. The lowest BCUT2D eigenvalue weighted by Gasteiger charge is -2.21. The molecule has 0 bridgehead atoms. The van der Waals surface area contributed by atoms with Gasteiger partial charge in [0.05, 0.1) is 5.69 Å². The minimum Gasteiger partial charge on any atom is -0.267 e. The van der Waals surface area contributed by atoms with Gasteiger partial charge >= 0.3 is 0 Å². The van der Waals surface area contributed by atoms with Crippen molar-refractivity contribution in [3.8, 4) is 11.3 Å². The van der Waals surface area contributed by atoms with Crippen LogP contribution in [0, 0.1) is 0 Å². The predicted molar refractivity (Wildman–Crippen MR) is 137 cm³/mol. The fourth-order valence-electron chi connectivity index (χ4n) is 3.60. The number of hydrogen-bond donors (Lipinski definition) is 1. The molecule has 1 heterocycles. The fourth-order valence-corrected chi connectivity index (χ4v) is 4.52. The number of aromatic nitrogens is 1. The van der Waals surface area contributed by atoms with Gasteiger partial charge in [-0.15, -0.1) is 11.3 Å². The summed E-state index contributed by atoms with van der Waals surface area (Å²) < 4.78 is 0. The number of thiazole rings is 1. The van der Waals surface area contributed by atoms with Crippen molar-refractivity contribution in [3.05, 3.63) is 119 Å². The van der Waals surface area contributed by atoms with Crippen LogP contribution in [0.5, 0.6) is 0 Å². The smallest absolute Gasteiger partial charge is 0.267 e. The number of amides is 2. The normalized spacial score (nSPS) is 10.7. The maximum Gasteiger partial charge on any atom is 0.279 e. The number of fused-ring (bicyclic) bond motifs is 1. The molecule has 5 nitrogen and oxygen atoms in total. The molecule has 0 aliphatic carbocycles. The van der Waals surface area contributed by atoms with Crippen LogP contribution in [0.25, 0.3) is 22.0 Å². The molecular formula is C27H18ClN3O2S. The standard InChI is InChI=1S/C27H18ClN3O2S/c28-21-15-13-19(14-16-21)24-17-34-27(29-24)31(26(33)20-8-2-1-3-9-20)30-25(32)23-12-6-10-18-7-4-5-11-22(18)23/h1-17H,(H,30,32). The van der Waals surface area contributed by atoms with Gasteiger partial charge in [0, 0.05) is 27.1 Å². The zero-order valence-electron chi connectivity index (χ0n) is 17.8. The second-order valence-corrected chi connectivity index (χ2v) is 8.77. The molecule has 1 N–H and O–H groups in total. The highest BCUT2D eigenvalue weighted by atomic mass is 35.5. The zero-order valence-corrected chi connectivity index (χ0v) is 19.4. The van der Waals surface area contributed by atoms with E-state index in [1.54, 1.807) is 42.5 Å². The van der Waals surface area contributed by atoms with Gasteiger partial charge < -0.3 is 0 Å². The monoisotopic (exact) mass is 483 g/mol. The van der Waals surface area contributed by atoms with E-state index in [9.17, 15) is 9.59 Å². The van der Waals surface area contributed by atoms with Crippen LogP contribution in [0.1, 0.15) is 20.7 Å². The summed E-state index contributed by atoms with van der Waals surface area (Å²) in [6, 6.07) is 29.2. The van der Waals surface area contributed by atoms with Gasteiger partial charge in [0.2, 0.25) is 5.13 Å². The van der Waals surface area contributed by atoms with E-state index < -0.39 is 5.91 Å². The molecule has 0 aliphatic heterocycles. The number of carbonyl (C=O) groups excluding carboxylic acids is 2. The molecule has 1 aromatic heterocycles. The Kier molecular flexibility index (Phi) is 6.08. The van der Waals surface area contributed by atoms with E-state index in [1.807, 2.05) is 60.0 Å². The molecule has 7 heteroatoms. The minimum absolute atomic E-state index is 0.354. The third-order valence-corrected chi connectivity index (χ3v) is 6.37. The maximum absolute atomic E-state index is 13.4. The van der Waals surface area contributed by atoms with Crippen molar-refractivity contribution >= 4 is 50.7 Å². The number of anilines is 1. The highest BCUT2D eigenvalue weighted by Crippen LogP contribution is 2.29. The van der Waals surface area contributed by atoms with Crippen LogP contribution in [-0.4, -0.2) is 16.8 Å². The van der Waals surface area contributed by atoms with Gasteiger partial charge in [0.1, 0.15) is 0 Å². The fraction of sp³-hybridized carbons (Fsp3) is 0. The van der Waals surface area contributed by atoms with Gasteiger partial charge in [-0.25, -0.2) is 4.98 Å². The van der Waals surface area contributed by atoms with Crippen molar-refractivity contribution in [2.24, 2.45) is 0 Å². The van der Waals surface area contributed by atoms with Crippen LogP contribution in [0.3, 0.4) is 0 Å². The lowest BCUT2D eigenvalue weighted by molar-refractivity contribution is 0.0888. The number of nitrogens with zero attached hydrogens (tertiary/aromatic N) is 2. The van der Waals surface area contributed by atoms with Gasteiger partial charge in [-0.2, -0.15) is 5.01 Å². The summed E-state index contributed by atoms with van der Waals surface area (Å²) in [6.07, 6.45) is 0. The molecule has 5 rings (SSSR count). The lowest BCUT2D eigenvalue weighted by atomic mass is 10.0. The highest BCUT2D eigenvalue weighted by Gasteiger charge is 2.24. The molecule has 0 saturated carbocycles. The van der Waals surface area contributed by atoms with E-state index in [0.717, 1.165) is 16.3 Å². The molecular weight excluding hydrogens is 466 g/mol. The SMILES string of the molecule is O=C(NN(C(=O)c1ccccc1)c1nc(-c2ccc(Cl)cc2)cs1)c1cccc2ccccc12. The molecule has 0 fully saturated rings. The van der Waals surface area contributed by atoms with E-state index in [-0.39, 0.29) is 5.91 Å². The van der Waals surface area contributed by atoms with E-state index in [0.29, 0.717) is 27.0 Å². The zero-order chi connectivity index (χ0) is 23.5. The summed E-state index contributed by atoms with van der Waals surface area (Å²) in [5, 5.41) is 5.78. The summed E-state index contributed by atoms with van der Waals surface area (Å²) in [5.41, 5.74) is 5.23. The highest BCUT2D eigenvalue weighted by molar-refractivity contribution is 7.14. The molecule has 0 saturated heterocycles. The van der Waals surface area contributed by atoms with Crippen molar-refractivity contribution in [2.45, 2.75) is 0 Å². The van der Waals surface area contributed by atoms with Crippen LogP contribution >= 0.6 is 22.9 Å². The van der Waals surface area contributed by atoms with E-state index in [2.05, 4.69) is 10.4 Å². The van der Waals surface area contributed by atoms with E-state index in [1.165, 1.54) is 16.3 Å². The Morgan fingerprint density at radius 3 is 2.32 bits per heavy atom. The molecule has 5 aromatic rings. The van der Waals surface area contributed by atoms with E-state index >= 15 is 0 Å². The lowest BCUT2D eigenvalue weighted by Crippen LogP contribution is -2.46. The predicted octanol–water partition coefficient (Wildman–Crippen LogP) is 6.61. The molecule has 166 valence electrons. The second-order valence-electron chi connectivity index (χ2n) is 7.50. The van der Waals surface area contributed by atoms with Gasteiger partial charge in [-0.3, -0.25) is 15.0 Å². The van der Waals surface area contributed by atoms with Crippen molar-refractivity contribution in [3.63, 3.8) is 0 Å². The first-order valence-corrected chi connectivity index (χ1v) is 11.8. The first-order chi connectivity index (χ1) is 16.6. The topological polar surface area (TPSA) is 62.3 Å². The summed E-state index contributed by atoms with van der Waals surface area (Å²) in [4.78, 5) is 31.4. The Morgan fingerprint density at radius 2 is 1.53 bits per heavy atom. The molecule has 34 heavy (non-hydrogen) atoms. The molecule has 0 spiro atoms. The molecule has 0 atom stereocenters. The maximum atomic E-state index is 13.4. The van der Waals surface area contributed by atoms with Gasteiger partial charge in [-0.05, 0) is 41.1 Å². The summed E-state index contributed by atoms with van der Waals surface area (Å²) in [7, 11) is 0. The number of carbonyl (C=O) groups is 2. The summed E-state index contributed by atoms with van der Waals surface area (Å²) in [6.45, 7) is 0. The minimum atomic E-state index is -0.399. The number of hydrazine groups is 1.